The lowest BCUT2D eigenvalue weighted by atomic mass is 10.2. The fourth-order valence-electron chi connectivity index (χ4n) is 1.95. The van der Waals surface area contributed by atoms with Gasteiger partial charge in [-0.3, -0.25) is 9.69 Å². The topological polar surface area (TPSA) is 32.3 Å². The number of carbonyl (C=O) groups excluding carboxylic acids is 1. The zero-order valence-corrected chi connectivity index (χ0v) is 14.4. The lowest BCUT2D eigenvalue weighted by Crippen LogP contribution is -2.30. The highest BCUT2D eigenvalue weighted by molar-refractivity contribution is 9.11. The van der Waals surface area contributed by atoms with Gasteiger partial charge >= 0.3 is 0 Å². The number of benzene rings is 1. The van der Waals surface area contributed by atoms with Crippen LogP contribution < -0.4 is 10.2 Å². The van der Waals surface area contributed by atoms with Crippen LogP contribution in [0.15, 0.2) is 45.2 Å². The number of thiocarbonyl (C=S) groups is 1. The van der Waals surface area contributed by atoms with Crippen LogP contribution in [-0.2, 0) is 4.79 Å². The lowest BCUT2D eigenvalue weighted by Gasteiger charge is -2.15. The first-order chi connectivity index (χ1) is 10.1. The Bertz CT molecular complexity index is 772. The van der Waals surface area contributed by atoms with E-state index in [1.165, 1.54) is 4.90 Å². The van der Waals surface area contributed by atoms with Crippen molar-refractivity contribution in [1.29, 1.82) is 0 Å². The monoisotopic (exact) mass is 398 g/mol. The van der Waals surface area contributed by atoms with Crippen LogP contribution in [0.25, 0.3) is 6.08 Å². The Morgan fingerprint density at radius 1 is 1.38 bits per heavy atom. The molecule has 1 aromatic carbocycles. The fourth-order valence-corrected chi connectivity index (χ4v) is 3.60. The summed E-state index contributed by atoms with van der Waals surface area (Å²) in [6.45, 7) is 0. The quantitative estimate of drug-likeness (QED) is 0.599. The second-order valence-corrected chi connectivity index (χ2v) is 7.35. The van der Waals surface area contributed by atoms with Crippen molar-refractivity contribution in [1.82, 2.24) is 5.32 Å². The van der Waals surface area contributed by atoms with Crippen LogP contribution in [0.5, 0.6) is 0 Å². The smallest absolute Gasteiger partial charge is 0.281 e. The molecular weight excluding hydrogens is 392 g/mol. The first-order valence-corrected chi connectivity index (χ1v) is 8.38. The molecule has 0 atom stereocenters. The van der Waals surface area contributed by atoms with E-state index in [-0.39, 0.29) is 5.91 Å². The van der Waals surface area contributed by atoms with Gasteiger partial charge in [-0.05, 0) is 63.4 Å². The molecular formula is C14H8BrClN2OS2. The Balaban J connectivity index is 1.96. The van der Waals surface area contributed by atoms with Gasteiger partial charge in [0.1, 0.15) is 5.70 Å². The summed E-state index contributed by atoms with van der Waals surface area (Å²) in [5.74, 6) is -0.213. The van der Waals surface area contributed by atoms with Crippen LogP contribution in [0.3, 0.4) is 0 Å². The maximum Gasteiger partial charge on any atom is 0.281 e. The first kappa shape index (κ1) is 14.7. The van der Waals surface area contributed by atoms with Gasteiger partial charge in [0.15, 0.2) is 5.11 Å². The number of rotatable bonds is 2. The third kappa shape index (κ3) is 2.89. The zero-order chi connectivity index (χ0) is 15.0. The summed E-state index contributed by atoms with van der Waals surface area (Å²) in [6.07, 6.45) is 1.77. The van der Waals surface area contributed by atoms with Gasteiger partial charge in [-0.1, -0.05) is 23.7 Å². The number of thiophene rings is 1. The van der Waals surface area contributed by atoms with E-state index in [4.69, 9.17) is 23.8 Å². The summed E-state index contributed by atoms with van der Waals surface area (Å²) in [5, 5.41) is 5.70. The molecule has 2 aromatic rings. The normalized spacial score (nSPS) is 16.7. The second-order valence-electron chi connectivity index (χ2n) is 4.26. The van der Waals surface area contributed by atoms with Gasteiger partial charge in [-0.15, -0.1) is 11.3 Å². The van der Waals surface area contributed by atoms with Gasteiger partial charge in [-0.2, -0.15) is 0 Å². The van der Waals surface area contributed by atoms with E-state index in [9.17, 15) is 4.79 Å². The van der Waals surface area contributed by atoms with Crippen molar-refractivity contribution >= 4 is 73.9 Å². The van der Waals surface area contributed by atoms with Crippen molar-refractivity contribution in [2.45, 2.75) is 0 Å². The van der Waals surface area contributed by atoms with Crippen molar-refractivity contribution in [2.75, 3.05) is 4.90 Å². The van der Waals surface area contributed by atoms with E-state index in [0.29, 0.717) is 21.5 Å². The average molecular weight is 400 g/mol. The van der Waals surface area contributed by atoms with Crippen LogP contribution >= 0.6 is 51.1 Å². The summed E-state index contributed by atoms with van der Waals surface area (Å²) in [6, 6.07) is 9.05. The average Bonchev–Trinajstić information content (AvgIpc) is 2.96. The number of halogens is 2. The number of hydrogen-bond acceptors (Lipinski definition) is 3. The van der Waals surface area contributed by atoms with Crippen molar-refractivity contribution in [3.63, 3.8) is 0 Å². The molecule has 3 rings (SSSR count). The number of para-hydroxylation sites is 1. The highest BCUT2D eigenvalue weighted by atomic mass is 79.9. The molecule has 0 bridgehead atoms. The molecule has 0 saturated carbocycles. The Morgan fingerprint density at radius 3 is 2.81 bits per heavy atom. The number of carbonyl (C=O) groups is 1. The molecule has 1 fully saturated rings. The third-order valence-corrected chi connectivity index (χ3v) is 5.00. The number of nitrogens with zero attached hydrogens (tertiary/aromatic N) is 1. The van der Waals surface area contributed by atoms with Crippen molar-refractivity contribution in [3.05, 3.63) is 55.8 Å². The molecule has 21 heavy (non-hydrogen) atoms. The van der Waals surface area contributed by atoms with Gasteiger partial charge in [-0.25, -0.2) is 0 Å². The molecule has 0 spiro atoms. The van der Waals surface area contributed by atoms with Gasteiger partial charge in [0.05, 0.1) is 14.5 Å². The SMILES string of the molecule is O=C1C(=Cc2csc(Br)c2)NC(=S)N1c1ccccc1Cl. The molecule has 2 heterocycles. The lowest BCUT2D eigenvalue weighted by molar-refractivity contribution is -0.113. The summed E-state index contributed by atoms with van der Waals surface area (Å²) in [4.78, 5) is 13.9. The van der Waals surface area contributed by atoms with E-state index in [0.717, 1.165) is 9.35 Å². The van der Waals surface area contributed by atoms with Crippen molar-refractivity contribution in [2.24, 2.45) is 0 Å². The highest BCUT2D eigenvalue weighted by Gasteiger charge is 2.33. The summed E-state index contributed by atoms with van der Waals surface area (Å²) in [5.41, 5.74) is 1.95. The molecule has 1 aliphatic rings. The van der Waals surface area contributed by atoms with E-state index >= 15 is 0 Å². The van der Waals surface area contributed by atoms with Crippen molar-refractivity contribution < 1.29 is 4.79 Å². The van der Waals surface area contributed by atoms with Gasteiger partial charge in [0.2, 0.25) is 0 Å². The van der Waals surface area contributed by atoms with Crippen LogP contribution in [0, 0.1) is 0 Å². The first-order valence-electron chi connectivity index (χ1n) is 5.92. The van der Waals surface area contributed by atoms with Crippen LogP contribution in [0.2, 0.25) is 5.02 Å². The fraction of sp³-hybridized carbons (Fsp3) is 0. The largest absolute Gasteiger partial charge is 0.327 e. The Kier molecular flexibility index (Phi) is 4.12. The molecule has 0 radical (unpaired) electrons. The number of hydrogen-bond donors (Lipinski definition) is 1. The Labute approximate surface area is 144 Å². The van der Waals surface area contributed by atoms with Gasteiger partial charge in [0.25, 0.3) is 5.91 Å². The molecule has 1 N–H and O–H groups in total. The predicted molar refractivity (Wildman–Crippen MR) is 94.7 cm³/mol. The summed E-state index contributed by atoms with van der Waals surface area (Å²) >= 11 is 16.3. The molecule has 1 aliphatic heterocycles. The van der Waals surface area contributed by atoms with Gasteiger partial charge < -0.3 is 5.32 Å². The van der Waals surface area contributed by atoms with E-state index in [1.807, 2.05) is 23.6 Å². The van der Waals surface area contributed by atoms with Gasteiger partial charge in [0, 0.05) is 0 Å². The molecule has 1 saturated heterocycles. The van der Waals surface area contributed by atoms with E-state index in [1.54, 1.807) is 29.5 Å². The standard InChI is InChI=1S/C14H8BrClN2OS2/c15-12-6-8(7-21-12)5-10-13(19)18(14(20)17-10)11-4-2-1-3-9(11)16/h1-7H,(H,17,20). The minimum Gasteiger partial charge on any atom is -0.327 e. The number of nitrogens with one attached hydrogen (secondary N) is 1. The minimum atomic E-state index is -0.213. The maximum absolute atomic E-state index is 12.5. The predicted octanol–water partition coefficient (Wildman–Crippen LogP) is 4.43. The number of anilines is 1. The summed E-state index contributed by atoms with van der Waals surface area (Å²) in [7, 11) is 0. The molecule has 1 aromatic heterocycles. The molecule has 0 unspecified atom stereocenters. The highest BCUT2D eigenvalue weighted by Crippen LogP contribution is 2.30. The molecule has 1 amide bonds. The second kappa shape index (κ2) is 5.88. The number of amides is 1. The third-order valence-electron chi connectivity index (χ3n) is 2.87. The molecule has 3 nitrogen and oxygen atoms in total. The van der Waals surface area contributed by atoms with Crippen LogP contribution in [-0.4, -0.2) is 11.0 Å². The minimum absolute atomic E-state index is 0.213. The van der Waals surface area contributed by atoms with Crippen LogP contribution in [0.1, 0.15) is 5.56 Å². The Morgan fingerprint density at radius 2 is 2.14 bits per heavy atom. The summed E-state index contributed by atoms with van der Waals surface area (Å²) < 4.78 is 1.00. The van der Waals surface area contributed by atoms with Crippen LogP contribution in [0.4, 0.5) is 5.69 Å². The Hall–Kier alpha value is -1.21. The van der Waals surface area contributed by atoms with E-state index < -0.39 is 0 Å². The van der Waals surface area contributed by atoms with Crippen molar-refractivity contribution in [3.8, 4) is 0 Å². The molecule has 7 heteroatoms. The molecule has 0 aliphatic carbocycles. The van der Waals surface area contributed by atoms with E-state index in [2.05, 4.69) is 21.2 Å². The molecule has 106 valence electrons. The maximum atomic E-state index is 12.5. The zero-order valence-electron chi connectivity index (χ0n) is 10.5.